The predicted octanol–water partition coefficient (Wildman–Crippen LogP) is 2.77. The summed E-state index contributed by atoms with van der Waals surface area (Å²) in [4.78, 5) is 0. The zero-order chi connectivity index (χ0) is 8.10. The number of hydrogen-bond acceptors (Lipinski definition) is 1. The van der Waals surface area contributed by atoms with Gasteiger partial charge in [0.25, 0.3) is 0 Å². The summed E-state index contributed by atoms with van der Waals surface area (Å²) in [5.41, 5.74) is 0. The molecule has 0 aromatic carbocycles. The van der Waals surface area contributed by atoms with Gasteiger partial charge in [-0.3, -0.25) is 0 Å². The Morgan fingerprint density at radius 1 is 1.64 bits per heavy atom. The normalized spacial score (nSPS) is 24.6. The van der Waals surface area contributed by atoms with Gasteiger partial charge >= 0.3 is 0 Å². The summed E-state index contributed by atoms with van der Waals surface area (Å²) < 4.78 is 5.21. The van der Waals surface area contributed by atoms with Crippen molar-refractivity contribution in [3.05, 3.63) is 12.7 Å². The molecule has 1 heterocycles. The van der Waals surface area contributed by atoms with Gasteiger partial charge in [-0.2, -0.15) is 0 Å². The summed E-state index contributed by atoms with van der Waals surface area (Å²) in [6, 6.07) is 0. The number of unbranched alkanes of at least 4 members (excludes halogenated alkanes) is 2. The maximum absolute atomic E-state index is 5.21. The van der Waals surface area contributed by atoms with E-state index in [1.54, 1.807) is 0 Å². The topological polar surface area (TPSA) is 12.5 Å². The van der Waals surface area contributed by atoms with Gasteiger partial charge in [0.1, 0.15) is 0 Å². The van der Waals surface area contributed by atoms with Crippen LogP contribution in [0, 0.1) is 5.92 Å². The van der Waals surface area contributed by atoms with E-state index in [2.05, 4.69) is 13.5 Å². The molecular weight excluding hydrogens is 136 g/mol. The van der Waals surface area contributed by atoms with Crippen molar-refractivity contribution >= 4 is 0 Å². The fourth-order valence-corrected chi connectivity index (χ4v) is 1.32. The largest absolute Gasteiger partial charge is 0.373 e. The standard InChI is InChI=1S/C10H18O/c1-3-4-5-6-7-9(2)10-8-11-10/h3,9-10H,1,4-8H2,2H3. The Morgan fingerprint density at radius 3 is 2.91 bits per heavy atom. The molecule has 1 fully saturated rings. The molecule has 2 unspecified atom stereocenters. The quantitative estimate of drug-likeness (QED) is 0.325. The molecule has 0 spiro atoms. The van der Waals surface area contributed by atoms with Gasteiger partial charge in [-0.25, -0.2) is 0 Å². The van der Waals surface area contributed by atoms with E-state index in [9.17, 15) is 0 Å². The minimum atomic E-state index is 0.596. The summed E-state index contributed by atoms with van der Waals surface area (Å²) in [6.07, 6.45) is 7.70. The molecule has 0 amide bonds. The van der Waals surface area contributed by atoms with Gasteiger partial charge in [0.15, 0.2) is 0 Å². The molecule has 0 radical (unpaired) electrons. The number of ether oxygens (including phenoxy) is 1. The average molecular weight is 154 g/mol. The second-order valence-corrected chi connectivity index (χ2v) is 3.42. The third kappa shape index (κ3) is 3.57. The Bertz CT molecular complexity index is 116. The van der Waals surface area contributed by atoms with Crippen molar-refractivity contribution in [2.24, 2.45) is 5.92 Å². The van der Waals surface area contributed by atoms with Crippen LogP contribution in [0.2, 0.25) is 0 Å². The number of allylic oxidation sites excluding steroid dienone is 1. The smallest absolute Gasteiger partial charge is 0.0835 e. The van der Waals surface area contributed by atoms with Crippen molar-refractivity contribution in [1.82, 2.24) is 0 Å². The van der Waals surface area contributed by atoms with Crippen molar-refractivity contribution in [3.8, 4) is 0 Å². The Balaban J connectivity index is 1.88. The maximum atomic E-state index is 5.21. The molecule has 0 bridgehead atoms. The van der Waals surface area contributed by atoms with Crippen molar-refractivity contribution in [3.63, 3.8) is 0 Å². The molecule has 1 aliphatic heterocycles. The fourth-order valence-electron chi connectivity index (χ4n) is 1.32. The molecule has 1 rings (SSSR count). The van der Waals surface area contributed by atoms with Gasteiger partial charge in [-0.05, 0) is 25.2 Å². The number of hydrogen-bond donors (Lipinski definition) is 0. The molecule has 1 saturated heterocycles. The van der Waals surface area contributed by atoms with Crippen LogP contribution in [0.5, 0.6) is 0 Å². The van der Waals surface area contributed by atoms with Crippen LogP contribution in [0.4, 0.5) is 0 Å². The van der Waals surface area contributed by atoms with E-state index in [1.807, 2.05) is 6.08 Å². The average Bonchev–Trinajstić information content (AvgIpc) is 2.79. The molecule has 0 aromatic rings. The lowest BCUT2D eigenvalue weighted by Gasteiger charge is -2.05. The third-order valence-electron chi connectivity index (χ3n) is 2.31. The highest BCUT2D eigenvalue weighted by molar-refractivity contribution is 4.76. The fraction of sp³-hybridized carbons (Fsp3) is 0.800. The zero-order valence-electron chi connectivity index (χ0n) is 7.38. The Hall–Kier alpha value is -0.300. The highest BCUT2D eigenvalue weighted by Gasteiger charge is 2.28. The van der Waals surface area contributed by atoms with E-state index in [0.29, 0.717) is 6.10 Å². The Labute approximate surface area is 69.4 Å². The minimum Gasteiger partial charge on any atom is -0.373 e. The van der Waals surface area contributed by atoms with Crippen LogP contribution in [0.1, 0.15) is 32.6 Å². The van der Waals surface area contributed by atoms with Crippen LogP contribution >= 0.6 is 0 Å². The van der Waals surface area contributed by atoms with Crippen LogP contribution in [-0.4, -0.2) is 12.7 Å². The van der Waals surface area contributed by atoms with E-state index >= 15 is 0 Å². The van der Waals surface area contributed by atoms with Crippen LogP contribution in [0.25, 0.3) is 0 Å². The van der Waals surface area contributed by atoms with Crippen molar-refractivity contribution in [2.75, 3.05) is 6.61 Å². The van der Waals surface area contributed by atoms with Gasteiger partial charge in [0, 0.05) is 0 Å². The van der Waals surface area contributed by atoms with E-state index in [4.69, 9.17) is 4.74 Å². The second-order valence-electron chi connectivity index (χ2n) is 3.42. The van der Waals surface area contributed by atoms with Gasteiger partial charge in [0.05, 0.1) is 12.7 Å². The predicted molar refractivity (Wildman–Crippen MR) is 47.6 cm³/mol. The molecule has 2 atom stereocenters. The molecule has 0 aliphatic carbocycles. The van der Waals surface area contributed by atoms with Gasteiger partial charge in [-0.15, -0.1) is 6.58 Å². The van der Waals surface area contributed by atoms with E-state index in [-0.39, 0.29) is 0 Å². The molecule has 0 N–H and O–H groups in total. The van der Waals surface area contributed by atoms with Crippen LogP contribution in [-0.2, 0) is 4.74 Å². The Morgan fingerprint density at radius 2 is 2.36 bits per heavy atom. The van der Waals surface area contributed by atoms with Gasteiger partial charge in [-0.1, -0.05) is 19.4 Å². The van der Waals surface area contributed by atoms with Gasteiger partial charge in [0.2, 0.25) is 0 Å². The van der Waals surface area contributed by atoms with Crippen LogP contribution in [0.15, 0.2) is 12.7 Å². The zero-order valence-corrected chi connectivity index (χ0v) is 7.38. The highest BCUT2D eigenvalue weighted by atomic mass is 16.6. The number of rotatable bonds is 6. The third-order valence-corrected chi connectivity index (χ3v) is 2.31. The lowest BCUT2D eigenvalue weighted by Crippen LogP contribution is -2.02. The SMILES string of the molecule is C=CCCCCC(C)C1CO1. The molecular formula is C10H18O. The maximum Gasteiger partial charge on any atom is 0.0835 e. The van der Waals surface area contributed by atoms with E-state index in [0.717, 1.165) is 18.9 Å². The lowest BCUT2D eigenvalue weighted by molar-refractivity contribution is 0.326. The highest BCUT2D eigenvalue weighted by Crippen LogP contribution is 2.24. The molecule has 1 nitrogen and oxygen atoms in total. The van der Waals surface area contributed by atoms with Crippen LogP contribution in [0.3, 0.4) is 0 Å². The van der Waals surface area contributed by atoms with Crippen molar-refractivity contribution < 1.29 is 4.74 Å². The molecule has 11 heavy (non-hydrogen) atoms. The lowest BCUT2D eigenvalue weighted by atomic mass is 10.0. The molecule has 0 saturated carbocycles. The first-order chi connectivity index (χ1) is 5.34. The van der Waals surface area contributed by atoms with Crippen LogP contribution < -0.4 is 0 Å². The summed E-state index contributed by atoms with van der Waals surface area (Å²) in [7, 11) is 0. The van der Waals surface area contributed by atoms with Crippen molar-refractivity contribution in [1.29, 1.82) is 0 Å². The first kappa shape index (κ1) is 8.79. The summed E-state index contributed by atoms with van der Waals surface area (Å²) in [5, 5.41) is 0. The number of epoxide rings is 1. The van der Waals surface area contributed by atoms with Gasteiger partial charge < -0.3 is 4.74 Å². The summed E-state index contributed by atoms with van der Waals surface area (Å²) in [6.45, 7) is 6.99. The van der Waals surface area contributed by atoms with E-state index < -0.39 is 0 Å². The molecule has 0 aromatic heterocycles. The minimum absolute atomic E-state index is 0.596. The first-order valence-corrected chi connectivity index (χ1v) is 4.57. The Kier molecular flexibility index (Phi) is 3.64. The van der Waals surface area contributed by atoms with E-state index in [1.165, 1.54) is 19.3 Å². The van der Waals surface area contributed by atoms with Crippen molar-refractivity contribution in [2.45, 2.75) is 38.7 Å². The summed E-state index contributed by atoms with van der Waals surface area (Å²) in [5.74, 6) is 0.778. The second kappa shape index (κ2) is 4.55. The molecule has 64 valence electrons. The molecule has 1 heteroatoms. The first-order valence-electron chi connectivity index (χ1n) is 4.57. The monoisotopic (exact) mass is 154 g/mol. The summed E-state index contributed by atoms with van der Waals surface area (Å²) >= 11 is 0. The molecule has 1 aliphatic rings.